The normalized spacial score (nSPS) is 16.9. The molecule has 0 unspecified atom stereocenters. The van der Waals surface area contributed by atoms with Crippen LogP contribution in [0, 0.1) is 15.5 Å². The number of alkyl halides is 1. The Balaban J connectivity index is 2.01. The van der Waals surface area contributed by atoms with Crippen molar-refractivity contribution in [3.05, 3.63) is 39.9 Å². The van der Waals surface area contributed by atoms with Crippen LogP contribution in [-0.2, 0) is 0 Å². The summed E-state index contributed by atoms with van der Waals surface area (Å²) < 4.78 is 0. The minimum Gasteiger partial charge on any atom is -0.351 e. The second kappa shape index (κ2) is 6.22. The van der Waals surface area contributed by atoms with Crippen LogP contribution in [0.5, 0.6) is 0 Å². The zero-order valence-electron chi connectivity index (χ0n) is 11.1. The van der Waals surface area contributed by atoms with Crippen molar-refractivity contribution in [2.75, 3.05) is 12.4 Å². The Morgan fingerprint density at radius 1 is 1.40 bits per heavy atom. The molecule has 5 nitrogen and oxygen atoms in total. The Morgan fingerprint density at radius 2 is 2.10 bits per heavy atom. The molecule has 2 rings (SSSR count). The molecule has 0 spiro atoms. The molecule has 0 saturated heterocycles. The standard InChI is InChI=1S/C14H17ClN2O3/c15-9-14(6-1-2-7-14)10-16-13(18)11-4-3-5-12(8-11)17(19)20/h3-5,8H,1-2,6-7,9-10H2,(H,16,18). The van der Waals surface area contributed by atoms with Gasteiger partial charge < -0.3 is 5.32 Å². The molecule has 0 atom stereocenters. The number of halogens is 1. The van der Waals surface area contributed by atoms with Gasteiger partial charge in [-0.05, 0) is 18.9 Å². The molecular formula is C14H17ClN2O3. The average Bonchev–Trinajstić information content (AvgIpc) is 2.94. The smallest absolute Gasteiger partial charge is 0.270 e. The summed E-state index contributed by atoms with van der Waals surface area (Å²) in [7, 11) is 0. The number of non-ortho nitro benzene ring substituents is 1. The van der Waals surface area contributed by atoms with Gasteiger partial charge in [0.1, 0.15) is 0 Å². The number of benzene rings is 1. The minimum absolute atomic E-state index is 0.0159. The van der Waals surface area contributed by atoms with E-state index in [1.807, 2.05) is 0 Å². The Hall–Kier alpha value is -1.62. The zero-order chi connectivity index (χ0) is 14.6. The van der Waals surface area contributed by atoms with Gasteiger partial charge in [-0.1, -0.05) is 18.9 Å². The van der Waals surface area contributed by atoms with Gasteiger partial charge >= 0.3 is 0 Å². The fourth-order valence-corrected chi connectivity index (χ4v) is 2.97. The number of nitro benzene ring substituents is 1. The summed E-state index contributed by atoms with van der Waals surface area (Å²) in [6.07, 6.45) is 4.32. The van der Waals surface area contributed by atoms with Crippen molar-refractivity contribution >= 4 is 23.2 Å². The van der Waals surface area contributed by atoms with Crippen molar-refractivity contribution in [1.82, 2.24) is 5.32 Å². The van der Waals surface area contributed by atoms with Crippen molar-refractivity contribution in [2.45, 2.75) is 25.7 Å². The third-order valence-corrected chi connectivity index (χ3v) is 4.46. The van der Waals surface area contributed by atoms with E-state index in [9.17, 15) is 14.9 Å². The second-order valence-corrected chi connectivity index (χ2v) is 5.60. The van der Waals surface area contributed by atoms with E-state index in [1.165, 1.54) is 18.2 Å². The van der Waals surface area contributed by atoms with Gasteiger partial charge in [0.05, 0.1) is 4.92 Å². The van der Waals surface area contributed by atoms with Crippen LogP contribution in [0.15, 0.2) is 24.3 Å². The molecule has 1 fully saturated rings. The molecule has 1 aliphatic carbocycles. The number of amides is 1. The van der Waals surface area contributed by atoms with Gasteiger partial charge in [-0.15, -0.1) is 11.6 Å². The summed E-state index contributed by atoms with van der Waals surface area (Å²) in [5.74, 6) is 0.243. The van der Waals surface area contributed by atoms with E-state index in [0.717, 1.165) is 25.7 Å². The number of nitrogens with zero attached hydrogens (tertiary/aromatic N) is 1. The molecule has 1 amide bonds. The van der Waals surface area contributed by atoms with Crippen LogP contribution in [0.3, 0.4) is 0 Å². The van der Waals surface area contributed by atoms with Gasteiger partial charge in [-0.3, -0.25) is 14.9 Å². The van der Waals surface area contributed by atoms with Crippen LogP contribution < -0.4 is 5.32 Å². The Bertz CT molecular complexity index is 513. The molecule has 1 aromatic carbocycles. The molecule has 108 valence electrons. The van der Waals surface area contributed by atoms with E-state index >= 15 is 0 Å². The molecule has 0 bridgehead atoms. The maximum absolute atomic E-state index is 12.1. The molecule has 1 aliphatic rings. The molecule has 0 radical (unpaired) electrons. The second-order valence-electron chi connectivity index (χ2n) is 5.33. The topological polar surface area (TPSA) is 72.2 Å². The van der Waals surface area contributed by atoms with Crippen molar-refractivity contribution in [3.63, 3.8) is 0 Å². The van der Waals surface area contributed by atoms with Crippen LogP contribution in [0.1, 0.15) is 36.0 Å². The predicted octanol–water partition coefficient (Wildman–Crippen LogP) is 3.12. The first-order valence-electron chi connectivity index (χ1n) is 6.65. The number of nitro groups is 1. The first-order chi connectivity index (χ1) is 9.56. The molecule has 20 heavy (non-hydrogen) atoms. The maximum atomic E-state index is 12.1. The largest absolute Gasteiger partial charge is 0.351 e. The summed E-state index contributed by atoms with van der Waals surface area (Å²) in [5.41, 5.74) is 0.213. The number of nitrogens with one attached hydrogen (secondary N) is 1. The van der Waals surface area contributed by atoms with Crippen molar-refractivity contribution in [2.24, 2.45) is 5.41 Å². The van der Waals surface area contributed by atoms with E-state index in [-0.39, 0.29) is 17.0 Å². The summed E-state index contributed by atoms with van der Waals surface area (Å²) in [5, 5.41) is 13.5. The average molecular weight is 297 g/mol. The molecule has 1 N–H and O–H groups in total. The van der Waals surface area contributed by atoms with Gasteiger partial charge in [-0.2, -0.15) is 0 Å². The van der Waals surface area contributed by atoms with Crippen LogP contribution in [0.4, 0.5) is 5.69 Å². The van der Waals surface area contributed by atoms with Crippen molar-refractivity contribution in [3.8, 4) is 0 Å². The van der Waals surface area contributed by atoms with Crippen molar-refractivity contribution < 1.29 is 9.72 Å². The fraction of sp³-hybridized carbons (Fsp3) is 0.500. The summed E-state index contributed by atoms with van der Waals surface area (Å²) >= 11 is 6.02. The first-order valence-corrected chi connectivity index (χ1v) is 7.18. The molecule has 1 saturated carbocycles. The lowest BCUT2D eigenvalue weighted by Crippen LogP contribution is -2.37. The number of rotatable bonds is 5. The fourth-order valence-electron chi connectivity index (χ4n) is 2.61. The highest BCUT2D eigenvalue weighted by molar-refractivity contribution is 6.18. The minimum atomic E-state index is -0.506. The number of carbonyl (C=O) groups is 1. The number of carbonyl (C=O) groups excluding carboxylic acids is 1. The summed E-state index contributed by atoms with van der Waals surface area (Å²) in [4.78, 5) is 22.2. The summed E-state index contributed by atoms with van der Waals surface area (Å²) in [6, 6.07) is 5.75. The molecular weight excluding hydrogens is 280 g/mol. The predicted molar refractivity (Wildman–Crippen MR) is 77.1 cm³/mol. The first kappa shape index (κ1) is 14.8. The SMILES string of the molecule is O=C(NCC1(CCl)CCCC1)c1cccc([N+](=O)[O-])c1. The van der Waals surface area contributed by atoms with Crippen molar-refractivity contribution in [1.29, 1.82) is 0 Å². The lowest BCUT2D eigenvalue weighted by Gasteiger charge is -2.26. The lowest BCUT2D eigenvalue weighted by atomic mass is 9.88. The Morgan fingerprint density at radius 3 is 2.70 bits per heavy atom. The van der Waals surface area contributed by atoms with Gasteiger partial charge in [0, 0.05) is 35.5 Å². The van der Waals surface area contributed by atoms with Gasteiger partial charge in [-0.25, -0.2) is 0 Å². The van der Waals surface area contributed by atoms with Gasteiger partial charge in [0.25, 0.3) is 11.6 Å². The van der Waals surface area contributed by atoms with Gasteiger partial charge in [0.2, 0.25) is 0 Å². The van der Waals surface area contributed by atoms with Crippen LogP contribution in [0.25, 0.3) is 0 Å². The van der Waals surface area contributed by atoms with Crippen LogP contribution in [-0.4, -0.2) is 23.3 Å². The third-order valence-electron chi connectivity index (χ3n) is 3.89. The molecule has 1 aromatic rings. The molecule has 6 heteroatoms. The van der Waals surface area contributed by atoms with E-state index in [4.69, 9.17) is 11.6 Å². The molecule has 0 aliphatic heterocycles. The molecule has 0 aromatic heterocycles. The maximum Gasteiger partial charge on any atom is 0.270 e. The van der Waals surface area contributed by atoms with E-state index in [0.29, 0.717) is 18.0 Å². The number of hydrogen-bond donors (Lipinski definition) is 1. The highest BCUT2D eigenvalue weighted by Gasteiger charge is 2.33. The number of hydrogen-bond acceptors (Lipinski definition) is 3. The zero-order valence-corrected chi connectivity index (χ0v) is 11.9. The van der Waals surface area contributed by atoms with Crippen LogP contribution >= 0.6 is 11.6 Å². The Kier molecular flexibility index (Phi) is 4.60. The Labute approximate surface area is 122 Å². The van der Waals surface area contributed by atoms with Crippen LogP contribution in [0.2, 0.25) is 0 Å². The lowest BCUT2D eigenvalue weighted by molar-refractivity contribution is -0.384. The summed E-state index contributed by atoms with van der Waals surface area (Å²) in [6.45, 7) is 0.526. The van der Waals surface area contributed by atoms with Gasteiger partial charge in [0.15, 0.2) is 0 Å². The van der Waals surface area contributed by atoms with E-state index in [1.54, 1.807) is 6.07 Å². The third kappa shape index (κ3) is 3.28. The quantitative estimate of drug-likeness (QED) is 0.515. The van der Waals surface area contributed by atoms with E-state index < -0.39 is 4.92 Å². The highest BCUT2D eigenvalue weighted by atomic mass is 35.5. The highest BCUT2D eigenvalue weighted by Crippen LogP contribution is 2.38. The van der Waals surface area contributed by atoms with E-state index in [2.05, 4.69) is 5.32 Å². The monoisotopic (exact) mass is 296 g/mol. The molecule has 0 heterocycles.